The van der Waals surface area contributed by atoms with Gasteiger partial charge in [0.05, 0.1) is 19.3 Å². The molecule has 2 aromatic rings. The predicted molar refractivity (Wildman–Crippen MR) is 102 cm³/mol. The number of nitrogens with zero attached hydrogens (tertiary/aromatic N) is 2. The van der Waals surface area contributed by atoms with Gasteiger partial charge in [-0.25, -0.2) is 13.4 Å². The van der Waals surface area contributed by atoms with Gasteiger partial charge in [-0.3, -0.25) is 0 Å². The second kappa shape index (κ2) is 7.73. The molecule has 0 aliphatic carbocycles. The topological polar surface area (TPSA) is 71.5 Å². The molecule has 0 radical (unpaired) electrons. The van der Waals surface area contributed by atoms with Gasteiger partial charge in [0.1, 0.15) is 10.7 Å². The van der Waals surface area contributed by atoms with Crippen LogP contribution in [0.4, 0.5) is 5.82 Å². The summed E-state index contributed by atoms with van der Waals surface area (Å²) in [4.78, 5) is 4.52. The van der Waals surface area contributed by atoms with E-state index < -0.39 is 10.0 Å². The molecule has 0 unspecified atom stereocenters. The molecule has 1 N–H and O–H groups in total. The lowest BCUT2D eigenvalue weighted by Crippen LogP contribution is -2.40. The molecule has 0 spiro atoms. The summed E-state index contributed by atoms with van der Waals surface area (Å²) in [5.74, 6) is 0.652. The second-order valence-corrected chi connectivity index (χ2v) is 8.56. The standard InChI is InChI=1S/C19H25N3O3S/c1-14-4-5-15(2)18(12-14)16(3)21-19-7-6-17(13-20-19)26(23,24)22-8-10-25-11-9-22/h4-7,12-13,16H,8-11H2,1-3H3,(H,20,21)/t16-/m1/s1. The molecule has 1 aliphatic heterocycles. The van der Waals surface area contributed by atoms with Gasteiger partial charge < -0.3 is 10.1 Å². The highest BCUT2D eigenvalue weighted by atomic mass is 32.2. The van der Waals surface area contributed by atoms with E-state index in [9.17, 15) is 8.42 Å². The van der Waals surface area contributed by atoms with Gasteiger partial charge in [0.2, 0.25) is 10.0 Å². The van der Waals surface area contributed by atoms with Crippen LogP contribution in [0.5, 0.6) is 0 Å². The summed E-state index contributed by atoms with van der Waals surface area (Å²) in [6.07, 6.45) is 1.42. The summed E-state index contributed by atoms with van der Waals surface area (Å²) in [6.45, 7) is 7.84. The Balaban J connectivity index is 1.74. The van der Waals surface area contributed by atoms with Crippen molar-refractivity contribution in [2.24, 2.45) is 0 Å². The Kier molecular flexibility index (Phi) is 5.60. The molecule has 1 atom stereocenters. The fourth-order valence-electron chi connectivity index (χ4n) is 3.08. The van der Waals surface area contributed by atoms with Crippen LogP contribution in [0.25, 0.3) is 0 Å². The Hall–Kier alpha value is -1.96. The zero-order chi connectivity index (χ0) is 18.7. The number of anilines is 1. The van der Waals surface area contributed by atoms with Gasteiger partial charge in [-0.05, 0) is 44.0 Å². The molecule has 1 aromatic carbocycles. The van der Waals surface area contributed by atoms with Crippen molar-refractivity contribution >= 4 is 15.8 Å². The van der Waals surface area contributed by atoms with Crippen molar-refractivity contribution < 1.29 is 13.2 Å². The van der Waals surface area contributed by atoms with E-state index in [0.29, 0.717) is 32.1 Å². The summed E-state index contributed by atoms with van der Waals surface area (Å²) in [5, 5.41) is 3.34. The molecular formula is C19H25N3O3S. The molecule has 26 heavy (non-hydrogen) atoms. The highest BCUT2D eigenvalue weighted by Gasteiger charge is 2.26. The smallest absolute Gasteiger partial charge is 0.244 e. The van der Waals surface area contributed by atoms with Crippen LogP contribution in [0.3, 0.4) is 0 Å². The Labute approximate surface area is 155 Å². The third-order valence-electron chi connectivity index (χ3n) is 4.61. The van der Waals surface area contributed by atoms with Crippen molar-refractivity contribution in [3.05, 3.63) is 53.2 Å². The van der Waals surface area contributed by atoms with Gasteiger partial charge in [0, 0.05) is 19.3 Å². The van der Waals surface area contributed by atoms with Crippen molar-refractivity contribution in [3.63, 3.8) is 0 Å². The average Bonchev–Trinajstić information content (AvgIpc) is 2.65. The van der Waals surface area contributed by atoms with E-state index in [0.717, 1.165) is 0 Å². The first kappa shape index (κ1) is 18.8. The SMILES string of the molecule is Cc1ccc(C)c([C@@H](C)Nc2ccc(S(=O)(=O)N3CCOCC3)cn2)c1. The predicted octanol–water partition coefficient (Wildman–Crippen LogP) is 2.89. The normalized spacial score (nSPS) is 17.0. The zero-order valence-electron chi connectivity index (χ0n) is 15.4. The van der Waals surface area contributed by atoms with Crippen LogP contribution in [0.15, 0.2) is 41.4 Å². The number of sulfonamides is 1. The number of hydrogen-bond acceptors (Lipinski definition) is 5. The zero-order valence-corrected chi connectivity index (χ0v) is 16.2. The molecule has 1 aromatic heterocycles. The lowest BCUT2D eigenvalue weighted by Gasteiger charge is -2.26. The summed E-state index contributed by atoms with van der Waals surface area (Å²) in [5.41, 5.74) is 3.62. The fourth-order valence-corrected chi connectivity index (χ4v) is 4.43. The Morgan fingerprint density at radius 1 is 1.15 bits per heavy atom. The number of ether oxygens (including phenoxy) is 1. The Morgan fingerprint density at radius 2 is 1.88 bits per heavy atom. The molecule has 1 fully saturated rings. The van der Waals surface area contributed by atoms with Gasteiger partial charge in [-0.1, -0.05) is 23.8 Å². The van der Waals surface area contributed by atoms with Crippen LogP contribution >= 0.6 is 0 Å². The van der Waals surface area contributed by atoms with E-state index >= 15 is 0 Å². The van der Waals surface area contributed by atoms with Crippen LogP contribution in [-0.4, -0.2) is 44.0 Å². The number of benzene rings is 1. The highest BCUT2D eigenvalue weighted by Crippen LogP contribution is 2.23. The fraction of sp³-hybridized carbons (Fsp3) is 0.421. The summed E-state index contributed by atoms with van der Waals surface area (Å²) < 4.78 is 31.9. The molecule has 6 nitrogen and oxygen atoms in total. The molecule has 0 bridgehead atoms. The van der Waals surface area contributed by atoms with Gasteiger partial charge in [0.15, 0.2) is 0 Å². The van der Waals surface area contributed by atoms with E-state index in [1.54, 1.807) is 12.1 Å². The Morgan fingerprint density at radius 3 is 2.54 bits per heavy atom. The van der Waals surface area contributed by atoms with E-state index in [1.165, 1.54) is 27.2 Å². The maximum Gasteiger partial charge on any atom is 0.244 e. The molecular weight excluding hydrogens is 350 g/mol. The number of pyridine rings is 1. The van der Waals surface area contributed by atoms with Gasteiger partial charge >= 0.3 is 0 Å². The molecule has 140 valence electrons. The maximum atomic E-state index is 12.6. The maximum absolute atomic E-state index is 12.6. The van der Waals surface area contributed by atoms with Crippen LogP contribution in [0.1, 0.15) is 29.7 Å². The summed E-state index contributed by atoms with van der Waals surface area (Å²) in [6, 6.07) is 9.75. The van der Waals surface area contributed by atoms with Gasteiger partial charge in [0.25, 0.3) is 0 Å². The number of morpholine rings is 1. The lowest BCUT2D eigenvalue weighted by atomic mass is 10.00. The van der Waals surface area contributed by atoms with E-state index in [1.807, 2.05) is 0 Å². The third kappa shape index (κ3) is 4.06. The molecule has 2 heterocycles. The number of rotatable bonds is 5. The van der Waals surface area contributed by atoms with E-state index in [2.05, 4.69) is 49.3 Å². The summed E-state index contributed by atoms with van der Waals surface area (Å²) >= 11 is 0. The van der Waals surface area contributed by atoms with Crippen LogP contribution < -0.4 is 5.32 Å². The quantitative estimate of drug-likeness (QED) is 0.870. The largest absolute Gasteiger partial charge is 0.379 e. The van der Waals surface area contributed by atoms with E-state index in [4.69, 9.17) is 4.74 Å². The lowest BCUT2D eigenvalue weighted by molar-refractivity contribution is 0.0730. The first-order valence-electron chi connectivity index (χ1n) is 8.75. The second-order valence-electron chi connectivity index (χ2n) is 6.62. The van der Waals surface area contributed by atoms with Crippen molar-refractivity contribution in [2.45, 2.75) is 31.7 Å². The van der Waals surface area contributed by atoms with Crippen LogP contribution in [0.2, 0.25) is 0 Å². The number of aromatic nitrogens is 1. The monoisotopic (exact) mass is 375 g/mol. The summed E-state index contributed by atoms with van der Waals surface area (Å²) in [7, 11) is -3.51. The minimum atomic E-state index is -3.51. The highest BCUT2D eigenvalue weighted by molar-refractivity contribution is 7.89. The molecule has 0 amide bonds. The molecule has 0 saturated carbocycles. The van der Waals surface area contributed by atoms with Gasteiger partial charge in [-0.2, -0.15) is 4.31 Å². The number of nitrogens with one attached hydrogen (secondary N) is 1. The number of aryl methyl sites for hydroxylation is 2. The molecule has 7 heteroatoms. The molecule has 1 saturated heterocycles. The molecule has 1 aliphatic rings. The number of hydrogen-bond donors (Lipinski definition) is 1. The van der Waals surface area contributed by atoms with Gasteiger partial charge in [-0.15, -0.1) is 0 Å². The minimum Gasteiger partial charge on any atom is -0.379 e. The van der Waals surface area contributed by atoms with Crippen molar-refractivity contribution in [2.75, 3.05) is 31.6 Å². The van der Waals surface area contributed by atoms with E-state index in [-0.39, 0.29) is 10.9 Å². The molecule has 3 rings (SSSR count). The van der Waals surface area contributed by atoms with Crippen molar-refractivity contribution in [1.82, 2.24) is 9.29 Å². The minimum absolute atomic E-state index is 0.0732. The first-order valence-corrected chi connectivity index (χ1v) is 10.2. The average molecular weight is 375 g/mol. The van der Waals surface area contributed by atoms with Crippen LogP contribution in [-0.2, 0) is 14.8 Å². The van der Waals surface area contributed by atoms with Crippen molar-refractivity contribution in [3.8, 4) is 0 Å². The third-order valence-corrected chi connectivity index (χ3v) is 6.49. The Bertz CT molecular complexity index is 860. The van der Waals surface area contributed by atoms with Crippen LogP contribution in [0, 0.1) is 13.8 Å². The van der Waals surface area contributed by atoms with Crippen molar-refractivity contribution in [1.29, 1.82) is 0 Å². The first-order chi connectivity index (χ1) is 12.4.